The summed E-state index contributed by atoms with van der Waals surface area (Å²) < 4.78 is 17.8. The predicted molar refractivity (Wildman–Crippen MR) is 97.2 cm³/mol. The third-order valence-electron chi connectivity index (χ3n) is 5.07. The first-order chi connectivity index (χ1) is 11.4. The first-order valence-corrected chi connectivity index (χ1v) is 8.74. The van der Waals surface area contributed by atoms with Crippen molar-refractivity contribution in [1.29, 1.82) is 0 Å². The van der Waals surface area contributed by atoms with E-state index in [2.05, 4.69) is 4.98 Å². The topological polar surface area (TPSA) is 60.9 Å². The Morgan fingerprint density at radius 2 is 1.80 bits per heavy atom. The Hall–Kier alpha value is -1.60. The maximum Gasteiger partial charge on any atom is 0.496 e. The normalized spacial score (nSPS) is 21.4. The van der Waals surface area contributed by atoms with Crippen molar-refractivity contribution in [3.8, 4) is 0 Å². The average molecular weight is 346 g/mol. The lowest BCUT2D eigenvalue weighted by atomic mass is 9.76. The number of carbonyl (C=O) groups is 1. The van der Waals surface area contributed by atoms with Gasteiger partial charge in [-0.3, -0.25) is 9.88 Å². The maximum absolute atomic E-state index is 12.5. The summed E-state index contributed by atoms with van der Waals surface area (Å²) in [6, 6.07) is 0. The van der Waals surface area contributed by atoms with Gasteiger partial charge in [0.2, 0.25) is 0 Å². The first-order valence-electron chi connectivity index (χ1n) is 8.74. The molecule has 1 aromatic heterocycles. The number of rotatable bonds is 1. The summed E-state index contributed by atoms with van der Waals surface area (Å²) in [4.78, 5) is 18.4. The van der Waals surface area contributed by atoms with Crippen LogP contribution >= 0.6 is 0 Å². The predicted octanol–water partition coefficient (Wildman–Crippen LogP) is 2.68. The molecule has 25 heavy (non-hydrogen) atoms. The van der Waals surface area contributed by atoms with Gasteiger partial charge in [-0.25, -0.2) is 4.79 Å². The molecule has 0 radical (unpaired) electrons. The number of pyridine rings is 1. The molecular formula is C18H27BN2O4. The summed E-state index contributed by atoms with van der Waals surface area (Å²) in [5.41, 5.74) is 1.35. The minimum atomic E-state index is -0.531. The third kappa shape index (κ3) is 3.27. The number of hydrogen-bond acceptors (Lipinski definition) is 5. The lowest BCUT2D eigenvalue weighted by Gasteiger charge is -2.32. The summed E-state index contributed by atoms with van der Waals surface area (Å²) in [6.45, 7) is 14.3. The standard InChI is InChI=1S/C18H27BN2O4/c1-16(2,3)23-15(22)21-9-8-12-13(10-20-11-14(12)21)19-24-17(4,5)18(6,7)25-19/h10-11H,8-9H2,1-7H3. The Morgan fingerprint density at radius 1 is 1.20 bits per heavy atom. The van der Waals surface area contributed by atoms with Crippen molar-refractivity contribution in [1.82, 2.24) is 4.98 Å². The van der Waals surface area contributed by atoms with E-state index in [9.17, 15) is 4.79 Å². The van der Waals surface area contributed by atoms with Crippen LogP contribution < -0.4 is 10.4 Å². The van der Waals surface area contributed by atoms with E-state index in [1.807, 2.05) is 48.5 Å². The molecule has 7 heteroatoms. The Balaban J connectivity index is 1.89. The van der Waals surface area contributed by atoms with Gasteiger partial charge in [0.15, 0.2) is 0 Å². The Kier molecular flexibility index (Phi) is 4.16. The molecule has 0 N–H and O–H groups in total. The van der Waals surface area contributed by atoms with E-state index in [-0.39, 0.29) is 6.09 Å². The van der Waals surface area contributed by atoms with Crippen molar-refractivity contribution in [2.24, 2.45) is 0 Å². The number of fused-ring (bicyclic) bond motifs is 1. The summed E-state index contributed by atoms with van der Waals surface area (Å²) >= 11 is 0. The molecule has 136 valence electrons. The highest BCUT2D eigenvalue weighted by molar-refractivity contribution is 6.62. The molecule has 0 aliphatic carbocycles. The van der Waals surface area contributed by atoms with Crippen molar-refractivity contribution in [2.45, 2.75) is 71.7 Å². The summed E-state index contributed by atoms with van der Waals surface area (Å²) in [6.07, 6.45) is 3.87. The van der Waals surface area contributed by atoms with E-state index in [0.29, 0.717) is 6.54 Å². The summed E-state index contributed by atoms with van der Waals surface area (Å²) in [5, 5.41) is 0. The van der Waals surface area contributed by atoms with Crippen molar-refractivity contribution in [3.05, 3.63) is 18.0 Å². The second-order valence-electron chi connectivity index (χ2n) is 8.70. The first kappa shape index (κ1) is 18.2. The number of anilines is 1. The monoisotopic (exact) mass is 346 g/mol. The molecule has 0 atom stereocenters. The third-order valence-corrected chi connectivity index (χ3v) is 5.07. The summed E-state index contributed by atoms with van der Waals surface area (Å²) in [7, 11) is -0.481. The largest absolute Gasteiger partial charge is 0.496 e. The Labute approximate surface area is 150 Å². The van der Waals surface area contributed by atoms with Crippen molar-refractivity contribution in [3.63, 3.8) is 0 Å². The molecule has 0 spiro atoms. The molecule has 0 aromatic carbocycles. The molecule has 3 rings (SSSR count). The van der Waals surface area contributed by atoms with Gasteiger partial charge in [0.05, 0.1) is 23.1 Å². The minimum absolute atomic E-state index is 0.348. The quantitative estimate of drug-likeness (QED) is 0.732. The van der Waals surface area contributed by atoms with E-state index in [1.54, 1.807) is 17.3 Å². The molecule has 2 aliphatic rings. The van der Waals surface area contributed by atoms with Crippen LogP contribution in [-0.2, 0) is 20.5 Å². The van der Waals surface area contributed by atoms with Crippen molar-refractivity contribution >= 4 is 24.4 Å². The maximum atomic E-state index is 12.5. The molecule has 0 bridgehead atoms. The van der Waals surface area contributed by atoms with Crippen LogP contribution in [-0.4, -0.2) is 41.5 Å². The van der Waals surface area contributed by atoms with E-state index < -0.39 is 23.9 Å². The smallest absolute Gasteiger partial charge is 0.443 e. The minimum Gasteiger partial charge on any atom is -0.443 e. The van der Waals surface area contributed by atoms with Gasteiger partial charge in [0, 0.05) is 18.2 Å². The lowest BCUT2D eigenvalue weighted by Crippen LogP contribution is -2.41. The molecule has 3 heterocycles. The second kappa shape index (κ2) is 5.71. The van der Waals surface area contributed by atoms with Gasteiger partial charge in [0.1, 0.15) is 5.60 Å². The molecule has 1 amide bonds. The number of carbonyl (C=O) groups excluding carboxylic acids is 1. The number of hydrogen-bond donors (Lipinski definition) is 0. The molecule has 1 fully saturated rings. The molecule has 0 saturated carbocycles. The van der Waals surface area contributed by atoms with Gasteiger partial charge in [-0.1, -0.05) is 0 Å². The molecular weight excluding hydrogens is 319 g/mol. The van der Waals surface area contributed by atoms with Gasteiger partial charge in [0.25, 0.3) is 0 Å². The van der Waals surface area contributed by atoms with Gasteiger partial charge >= 0.3 is 13.2 Å². The molecule has 1 saturated heterocycles. The van der Waals surface area contributed by atoms with E-state index in [4.69, 9.17) is 14.0 Å². The van der Waals surface area contributed by atoms with Crippen LogP contribution in [0.5, 0.6) is 0 Å². The van der Waals surface area contributed by atoms with Crippen LogP contribution in [0.2, 0.25) is 0 Å². The number of amides is 1. The van der Waals surface area contributed by atoms with Gasteiger partial charge < -0.3 is 14.0 Å². The average Bonchev–Trinajstić information content (AvgIpc) is 2.95. The highest BCUT2D eigenvalue weighted by Crippen LogP contribution is 2.37. The number of ether oxygens (including phenoxy) is 1. The van der Waals surface area contributed by atoms with Crippen molar-refractivity contribution < 1.29 is 18.8 Å². The van der Waals surface area contributed by atoms with Gasteiger partial charge in [-0.15, -0.1) is 0 Å². The van der Waals surface area contributed by atoms with E-state index in [0.717, 1.165) is 23.1 Å². The lowest BCUT2D eigenvalue weighted by molar-refractivity contribution is 0.00578. The fraction of sp³-hybridized carbons (Fsp3) is 0.667. The summed E-state index contributed by atoms with van der Waals surface area (Å²) in [5.74, 6) is 0. The van der Waals surface area contributed by atoms with Crippen LogP contribution in [0.25, 0.3) is 0 Å². The molecule has 6 nitrogen and oxygen atoms in total. The Bertz CT molecular complexity index is 681. The van der Waals surface area contributed by atoms with E-state index in [1.165, 1.54) is 0 Å². The fourth-order valence-electron chi connectivity index (χ4n) is 3.02. The molecule has 0 unspecified atom stereocenters. The van der Waals surface area contributed by atoms with Crippen LogP contribution in [0.3, 0.4) is 0 Å². The van der Waals surface area contributed by atoms with Crippen LogP contribution in [0.1, 0.15) is 54.0 Å². The number of nitrogens with zero attached hydrogens (tertiary/aromatic N) is 2. The zero-order chi connectivity index (χ0) is 18.6. The Morgan fingerprint density at radius 3 is 2.36 bits per heavy atom. The second-order valence-corrected chi connectivity index (χ2v) is 8.70. The van der Waals surface area contributed by atoms with E-state index >= 15 is 0 Å². The highest BCUT2D eigenvalue weighted by atomic mass is 16.7. The van der Waals surface area contributed by atoms with Gasteiger partial charge in [-0.05, 0) is 60.5 Å². The zero-order valence-corrected chi connectivity index (χ0v) is 16.2. The van der Waals surface area contributed by atoms with Gasteiger partial charge in [-0.2, -0.15) is 0 Å². The van der Waals surface area contributed by atoms with Crippen molar-refractivity contribution in [2.75, 3.05) is 11.4 Å². The zero-order valence-electron chi connectivity index (χ0n) is 16.2. The van der Waals surface area contributed by atoms with Crippen LogP contribution in [0, 0.1) is 0 Å². The fourth-order valence-corrected chi connectivity index (χ4v) is 3.02. The molecule has 1 aromatic rings. The van der Waals surface area contributed by atoms with Crippen LogP contribution in [0.4, 0.5) is 10.5 Å². The molecule has 2 aliphatic heterocycles. The number of aromatic nitrogens is 1. The highest BCUT2D eigenvalue weighted by Gasteiger charge is 2.52. The van der Waals surface area contributed by atoms with Crippen LogP contribution in [0.15, 0.2) is 12.4 Å². The SMILES string of the molecule is CC(C)(C)OC(=O)N1CCc2c(B3OC(C)(C)C(C)(C)O3)cncc21.